The summed E-state index contributed by atoms with van der Waals surface area (Å²) in [6.45, 7) is 0.403. The second kappa shape index (κ2) is 4.68. The van der Waals surface area contributed by atoms with Gasteiger partial charge in [-0.15, -0.1) is 11.3 Å². The maximum atomic E-state index is 10.3. The van der Waals surface area contributed by atoms with E-state index in [1.807, 2.05) is 58.0 Å². The molecule has 0 aliphatic carbocycles. The number of aryl methyl sites for hydroxylation is 1. The first-order chi connectivity index (χ1) is 9.18. The van der Waals surface area contributed by atoms with E-state index >= 15 is 0 Å². The summed E-state index contributed by atoms with van der Waals surface area (Å²) < 4.78 is 3.68. The lowest BCUT2D eigenvalue weighted by Crippen LogP contribution is -2.24. The van der Waals surface area contributed by atoms with E-state index in [-0.39, 0.29) is 0 Å². The van der Waals surface area contributed by atoms with Crippen LogP contribution < -0.4 is 5.62 Å². The van der Waals surface area contributed by atoms with Crippen molar-refractivity contribution in [2.45, 2.75) is 12.6 Å². The number of nitrogens with zero attached hydrogens (tertiary/aromatic N) is 2. The molecule has 3 aromatic rings. The number of aromatic nitrogens is 2. The summed E-state index contributed by atoms with van der Waals surface area (Å²) in [5.74, 6) is 0. The highest BCUT2D eigenvalue weighted by molar-refractivity contribution is 7.10. The maximum absolute atomic E-state index is 10.3. The van der Waals surface area contributed by atoms with Crippen LogP contribution in [0.4, 0.5) is 0 Å². The smallest absolute Gasteiger partial charge is 0.202 e. The second-order valence-electron chi connectivity index (χ2n) is 4.51. The zero-order chi connectivity index (χ0) is 13.4. The molecule has 19 heavy (non-hydrogen) atoms. The van der Waals surface area contributed by atoms with Crippen molar-refractivity contribution in [3.8, 4) is 0 Å². The number of aliphatic hydroxyl groups is 1. The molecule has 2 heterocycles. The highest BCUT2D eigenvalue weighted by Crippen LogP contribution is 2.21. The number of nitrogens with one attached hydrogen (secondary N) is 1. The highest BCUT2D eigenvalue weighted by atomic mass is 32.1. The Bertz CT molecular complexity index is 755. The number of rotatable bonds is 3. The number of benzene rings is 1. The molecule has 1 aromatic carbocycles. The number of para-hydroxylation sites is 2. The van der Waals surface area contributed by atoms with E-state index in [9.17, 15) is 5.11 Å². The molecule has 0 aliphatic rings. The largest absolute Gasteiger partial charge is 0.386 e. The van der Waals surface area contributed by atoms with Crippen LogP contribution in [-0.2, 0) is 13.6 Å². The minimum Gasteiger partial charge on any atom is -0.386 e. The molecule has 2 aromatic heterocycles. The van der Waals surface area contributed by atoms with Gasteiger partial charge in [0, 0.05) is 11.9 Å². The predicted octanol–water partition coefficient (Wildman–Crippen LogP) is 2.25. The first-order valence-electron chi connectivity index (χ1n) is 6.09. The van der Waals surface area contributed by atoms with Crippen LogP contribution in [0.1, 0.15) is 11.0 Å². The quantitative estimate of drug-likeness (QED) is 0.755. The zero-order valence-corrected chi connectivity index (χ0v) is 11.4. The minimum absolute atomic E-state index is 0.400. The molecule has 0 fully saturated rings. The lowest BCUT2D eigenvalue weighted by atomic mass is 10.2. The van der Waals surface area contributed by atoms with Crippen LogP contribution in [0.3, 0.4) is 0 Å². The van der Waals surface area contributed by atoms with Gasteiger partial charge in [0.1, 0.15) is 6.10 Å². The summed E-state index contributed by atoms with van der Waals surface area (Å²) in [6, 6.07) is 11.7. The molecule has 0 radical (unpaired) electrons. The average molecular weight is 273 g/mol. The lowest BCUT2D eigenvalue weighted by molar-refractivity contribution is 0.159. The number of fused-ring (bicyclic) bond motifs is 1. The predicted molar refractivity (Wildman–Crippen MR) is 76.0 cm³/mol. The van der Waals surface area contributed by atoms with E-state index in [4.69, 9.17) is 5.41 Å². The Labute approximate surface area is 114 Å². The Kier molecular flexibility index (Phi) is 3.00. The van der Waals surface area contributed by atoms with Crippen LogP contribution in [0, 0.1) is 5.41 Å². The number of hydrogen-bond acceptors (Lipinski definition) is 3. The maximum Gasteiger partial charge on any atom is 0.202 e. The third-order valence-electron chi connectivity index (χ3n) is 3.33. The summed E-state index contributed by atoms with van der Waals surface area (Å²) in [5, 5.41) is 20.4. The van der Waals surface area contributed by atoms with Crippen molar-refractivity contribution < 1.29 is 5.11 Å². The van der Waals surface area contributed by atoms with Gasteiger partial charge in [0.2, 0.25) is 5.62 Å². The molecular weight excluding hydrogens is 258 g/mol. The van der Waals surface area contributed by atoms with Crippen molar-refractivity contribution in [2.24, 2.45) is 7.05 Å². The summed E-state index contributed by atoms with van der Waals surface area (Å²) in [6.07, 6.45) is -0.570. The number of hydrogen-bond donors (Lipinski definition) is 2. The molecule has 0 spiro atoms. The van der Waals surface area contributed by atoms with Gasteiger partial charge >= 0.3 is 0 Å². The molecule has 0 saturated carbocycles. The van der Waals surface area contributed by atoms with Crippen LogP contribution in [0.5, 0.6) is 0 Å². The molecular formula is C14H15N3OS. The Hall–Kier alpha value is -1.85. The van der Waals surface area contributed by atoms with E-state index in [0.29, 0.717) is 12.2 Å². The Morgan fingerprint density at radius 2 is 1.95 bits per heavy atom. The van der Waals surface area contributed by atoms with Gasteiger partial charge < -0.3 is 14.2 Å². The van der Waals surface area contributed by atoms with Gasteiger partial charge in [-0.1, -0.05) is 18.2 Å². The van der Waals surface area contributed by atoms with E-state index in [1.54, 1.807) is 0 Å². The van der Waals surface area contributed by atoms with Crippen molar-refractivity contribution >= 4 is 22.4 Å². The van der Waals surface area contributed by atoms with Crippen LogP contribution in [-0.4, -0.2) is 14.2 Å². The van der Waals surface area contributed by atoms with Crippen molar-refractivity contribution in [3.63, 3.8) is 0 Å². The second-order valence-corrected chi connectivity index (χ2v) is 5.49. The molecule has 0 amide bonds. The zero-order valence-electron chi connectivity index (χ0n) is 10.6. The molecule has 2 N–H and O–H groups in total. The molecule has 5 heteroatoms. The van der Waals surface area contributed by atoms with Crippen molar-refractivity contribution in [2.75, 3.05) is 0 Å². The van der Waals surface area contributed by atoms with Gasteiger partial charge in [-0.3, -0.25) is 5.41 Å². The van der Waals surface area contributed by atoms with Gasteiger partial charge in [-0.05, 0) is 23.6 Å². The Balaban J connectivity index is 2.06. The molecule has 0 saturated heterocycles. The fraction of sp³-hybridized carbons (Fsp3) is 0.214. The summed E-state index contributed by atoms with van der Waals surface area (Å²) in [4.78, 5) is 0.930. The topological polar surface area (TPSA) is 53.9 Å². The number of thiophene rings is 1. The van der Waals surface area contributed by atoms with Crippen molar-refractivity contribution in [3.05, 3.63) is 52.3 Å². The molecule has 0 aliphatic heterocycles. The van der Waals surface area contributed by atoms with Crippen LogP contribution >= 0.6 is 11.3 Å². The van der Waals surface area contributed by atoms with Gasteiger partial charge in [0.25, 0.3) is 0 Å². The normalized spacial score (nSPS) is 12.9. The number of aliphatic hydroxyl groups excluding tert-OH is 1. The molecule has 4 nitrogen and oxygen atoms in total. The third-order valence-corrected chi connectivity index (χ3v) is 4.31. The first kappa shape index (κ1) is 12.2. The average Bonchev–Trinajstić information content (AvgIpc) is 3.03. The third kappa shape index (κ3) is 2.01. The van der Waals surface area contributed by atoms with Crippen LogP contribution in [0.25, 0.3) is 11.0 Å². The van der Waals surface area contributed by atoms with Crippen LogP contribution in [0.15, 0.2) is 41.8 Å². The summed E-state index contributed by atoms with van der Waals surface area (Å²) in [5.41, 5.74) is 2.38. The monoisotopic (exact) mass is 273 g/mol. The Morgan fingerprint density at radius 3 is 2.63 bits per heavy atom. The van der Waals surface area contributed by atoms with Crippen molar-refractivity contribution in [1.29, 1.82) is 5.41 Å². The van der Waals surface area contributed by atoms with Crippen LogP contribution in [0.2, 0.25) is 0 Å². The van der Waals surface area contributed by atoms with Gasteiger partial charge in [0.15, 0.2) is 0 Å². The van der Waals surface area contributed by atoms with Gasteiger partial charge in [0.05, 0.1) is 17.6 Å². The first-order valence-corrected chi connectivity index (χ1v) is 6.97. The van der Waals surface area contributed by atoms with E-state index in [1.165, 1.54) is 11.3 Å². The number of imidazole rings is 1. The molecule has 0 bridgehead atoms. The molecule has 0 unspecified atom stereocenters. The Morgan fingerprint density at radius 1 is 1.21 bits per heavy atom. The molecule has 3 rings (SSSR count). The van der Waals surface area contributed by atoms with Gasteiger partial charge in [-0.2, -0.15) is 0 Å². The lowest BCUT2D eigenvalue weighted by Gasteiger charge is -2.10. The standard InChI is InChI=1S/C14H15N3OS/c1-16-10-5-2-3-6-11(10)17(14(16)15)9-12(18)13-7-4-8-19-13/h2-8,12,15,18H,9H2,1H3/t12-/m0/s1. The fourth-order valence-corrected chi connectivity index (χ4v) is 3.02. The highest BCUT2D eigenvalue weighted by Gasteiger charge is 2.14. The van der Waals surface area contributed by atoms with E-state index in [2.05, 4.69) is 0 Å². The van der Waals surface area contributed by atoms with E-state index < -0.39 is 6.10 Å². The van der Waals surface area contributed by atoms with Gasteiger partial charge in [-0.25, -0.2) is 0 Å². The fourth-order valence-electron chi connectivity index (χ4n) is 2.31. The summed E-state index contributed by atoms with van der Waals surface area (Å²) >= 11 is 1.54. The minimum atomic E-state index is -0.570. The molecule has 98 valence electrons. The van der Waals surface area contributed by atoms with Crippen molar-refractivity contribution in [1.82, 2.24) is 9.13 Å². The molecule has 1 atom stereocenters. The SMILES string of the molecule is Cn1c(=N)n(C[C@H](O)c2cccs2)c2ccccc21. The van der Waals surface area contributed by atoms with E-state index in [0.717, 1.165) is 15.9 Å². The summed E-state index contributed by atoms with van der Waals surface area (Å²) in [7, 11) is 1.87.